The molecule has 2 aromatic heterocycles. The molecular formula is C40H40N4O6. The smallest absolute Gasteiger partial charge is 0.352 e. The minimum Gasteiger partial charge on any atom is -0.493 e. The number of nitrogens with zero attached hydrogens (tertiary/aromatic N) is 3. The number of hydrogen-bond acceptors (Lipinski definition) is 6. The van der Waals surface area contributed by atoms with Crippen LogP contribution in [0.4, 0.5) is 0 Å². The molecule has 10 heteroatoms. The first kappa shape index (κ1) is 33.1. The van der Waals surface area contributed by atoms with Crippen molar-refractivity contribution in [2.24, 2.45) is 12.8 Å². The molecule has 3 heterocycles. The molecular weight excluding hydrogens is 632 g/mol. The molecule has 0 saturated heterocycles. The lowest BCUT2D eigenvalue weighted by Crippen LogP contribution is -2.12. The number of primary amides is 1. The van der Waals surface area contributed by atoms with E-state index in [0.717, 1.165) is 73.9 Å². The first-order valence-electron chi connectivity index (χ1n) is 17.0. The minimum atomic E-state index is -0.944. The third-order valence-corrected chi connectivity index (χ3v) is 9.38. The zero-order valence-corrected chi connectivity index (χ0v) is 28.1. The Morgan fingerprint density at radius 3 is 2.54 bits per heavy atom. The van der Waals surface area contributed by atoms with Crippen molar-refractivity contribution in [1.29, 1.82) is 0 Å². The van der Waals surface area contributed by atoms with Crippen LogP contribution in [-0.4, -0.2) is 44.5 Å². The van der Waals surface area contributed by atoms with Gasteiger partial charge in [0.15, 0.2) is 0 Å². The number of carboxylic acid groups (broad SMARTS) is 1. The van der Waals surface area contributed by atoms with Gasteiger partial charge in [-0.15, -0.1) is 0 Å². The Bertz CT molecular complexity index is 2180. The van der Waals surface area contributed by atoms with E-state index in [1.165, 1.54) is 0 Å². The molecule has 3 N–H and O–H groups in total. The van der Waals surface area contributed by atoms with Crippen LogP contribution in [0.1, 0.15) is 62.6 Å². The summed E-state index contributed by atoms with van der Waals surface area (Å²) in [6, 6.07) is 27.2. The number of aromatic carboxylic acids is 1. The molecule has 0 radical (unpaired) electrons. The molecule has 0 aliphatic carbocycles. The second-order valence-corrected chi connectivity index (χ2v) is 12.6. The van der Waals surface area contributed by atoms with Gasteiger partial charge in [0.2, 0.25) is 5.91 Å². The van der Waals surface area contributed by atoms with E-state index in [0.29, 0.717) is 57.1 Å². The molecule has 0 saturated carbocycles. The molecule has 10 nitrogen and oxygen atoms in total. The highest BCUT2D eigenvalue weighted by Gasteiger charge is 2.28. The summed E-state index contributed by atoms with van der Waals surface area (Å²) in [6.45, 7) is 2.47. The predicted molar refractivity (Wildman–Crippen MR) is 191 cm³/mol. The van der Waals surface area contributed by atoms with Gasteiger partial charge in [0, 0.05) is 47.7 Å². The third kappa shape index (κ3) is 6.59. The molecule has 50 heavy (non-hydrogen) atoms. The molecule has 1 amide bonds. The van der Waals surface area contributed by atoms with E-state index in [2.05, 4.69) is 18.2 Å². The average Bonchev–Trinajstić information content (AvgIpc) is 3.60. The Labute approximate surface area is 290 Å². The molecule has 0 fully saturated rings. The number of carbonyl (C=O) groups excluding carboxylic acids is 1. The maximum Gasteiger partial charge on any atom is 0.352 e. The maximum absolute atomic E-state index is 13.0. The van der Waals surface area contributed by atoms with Crippen molar-refractivity contribution in [2.75, 3.05) is 13.2 Å². The van der Waals surface area contributed by atoms with Gasteiger partial charge in [0.05, 0.1) is 43.3 Å². The fraction of sp³-hybridized carbons (Fsp3) is 0.275. The molecule has 256 valence electrons. The van der Waals surface area contributed by atoms with E-state index < -0.39 is 11.9 Å². The molecule has 7 rings (SSSR count). The van der Waals surface area contributed by atoms with Crippen molar-refractivity contribution < 1.29 is 28.9 Å². The summed E-state index contributed by atoms with van der Waals surface area (Å²) < 4.78 is 22.4. The number of rotatable bonds is 11. The van der Waals surface area contributed by atoms with E-state index in [1.807, 2.05) is 70.9 Å². The number of aromatic nitrogens is 3. The maximum atomic E-state index is 13.0. The van der Waals surface area contributed by atoms with Gasteiger partial charge >= 0.3 is 5.97 Å². The van der Waals surface area contributed by atoms with E-state index in [-0.39, 0.29) is 6.61 Å². The second-order valence-electron chi connectivity index (χ2n) is 12.6. The van der Waals surface area contributed by atoms with Crippen molar-refractivity contribution in [2.45, 2.75) is 52.0 Å². The van der Waals surface area contributed by atoms with Crippen LogP contribution in [0.3, 0.4) is 0 Å². The Balaban J connectivity index is 1.22. The zero-order valence-electron chi connectivity index (χ0n) is 28.1. The van der Waals surface area contributed by atoms with Crippen molar-refractivity contribution in [3.63, 3.8) is 0 Å². The number of benzene rings is 4. The summed E-state index contributed by atoms with van der Waals surface area (Å²) in [6.07, 6.45) is 2.78. The van der Waals surface area contributed by atoms with Crippen molar-refractivity contribution in [3.05, 3.63) is 119 Å². The van der Waals surface area contributed by atoms with E-state index >= 15 is 0 Å². The normalized spacial score (nSPS) is 13.2. The van der Waals surface area contributed by atoms with E-state index in [1.54, 1.807) is 12.1 Å². The molecule has 1 aliphatic rings. The summed E-state index contributed by atoms with van der Waals surface area (Å²) >= 11 is 0. The van der Waals surface area contributed by atoms with Crippen LogP contribution in [0.15, 0.2) is 84.9 Å². The molecule has 0 atom stereocenters. The fourth-order valence-electron chi connectivity index (χ4n) is 7.03. The molecule has 6 aromatic rings. The average molecular weight is 673 g/mol. The second kappa shape index (κ2) is 14.6. The highest BCUT2D eigenvalue weighted by Crippen LogP contribution is 2.39. The fourth-order valence-corrected chi connectivity index (χ4v) is 7.03. The monoisotopic (exact) mass is 672 g/mol. The summed E-state index contributed by atoms with van der Waals surface area (Å²) in [5.41, 5.74) is 12.2. The summed E-state index contributed by atoms with van der Waals surface area (Å²) in [4.78, 5) is 24.5. The summed E-state index contributed by atoms with van der Waals surface area (Å²) in [7, 11) is 1.90. The van der Waals surface area contributed by atoms with Gasteiger partial charge < -0.3 is 29.6 Å². The largest absolute Gasteiger partial charge is 0.493 e. The van der Waals surface area contributed by atoms with Crippen LogP contribution in [0.2, 0.25) is 0 Å². The van der Waals surface area contributed by atoms with Gasteiger partial charge in [0.25, 0.3) is 0 Å². The topological polar surface area (TPSA) is 131 Å². The van der Waals surface area contributed by atoms with Crippen molar-refractivity contribution >= 4 is 33.6 Å². The van der Waals surface area contributed by atoms with Crippen LogP contribution in [0.25, 0.3) is 32.8 Å². The van der Waals surface area contributed by atoms with Gasteiger partial charge in [0.1, 0.15) is 11.4 Å². The van der Waals surface area contributed by atoms with Crippen LogP contribution in [-0.2, 0) is 49.3 Å². The lowest BCUT2D eigenvalue weighted by molar-refractivity contribution is 0.0683. The summed E-state index contributed by atoms with van der Waals surface area (Å²) in [5, 5.41) is 18.6. The predicted octanol–water partition coefficient (Wildman–Crippen LogP) is 7.03. The van der Waals surface area contributed by atoms with Gasteiger partial charge in [-0.3, -0.25) is 9.48 Å². The van der Waals surface area contributed by atoms with E-state index in [9.17, 15) is 14.7 Å². The Morgan fingerprint density at radius 2 is 1.72 bits per heavy atom. The highest BCUT2D eigenvalue weighted by molar-refractivity contribution is 6.04. The standard InChI is InChI=1S/C40H40N4O6/c1-43-34-25-48-21-5-4-20-44-37-30(31(38(44)40(46)47)14-8-22-50-35-15-6-10-27-9-2-3-11-29(27)35)12-7-13-32(37)36(34)33(42-43)24-49-23-26-16-18-28(19-17-26)39(41)45/h2-3,6-7,9-13,15-19H,4-5,8,14,20-25H2,1H3,(H2,41,45)(H,46,47). The number of aryl methyl sites for hydroxylation is 3. The number of carbonyl (C=O) groups is 2. The summed E-state index contributed by atoms with van der Waals surface area (Å²) in [5.74, 6) is -0.596. The van der Waals surface area contributed by atoms with Gasteiger partial charge in [-0.1, -0.05) is 66.7 Å². The Hall–Kier alpha value is -5.45. The first-order chi connectivity index (χ1) is 24.4. The van der Waals surface area contributed by atoms with Crippen molar-refractivity contribution in [3.8, 4) is 16.9 Å². The number of amides is 1. The zero-order chi connectivity index (χ0) is 34.6. The van der Waals surface area contributed by atoms with Crippen LogP contribution < -0.4 is 10.5 Å². The first-order valence-corrected chi connectivity index (χ1v) is 17.0. The molecule has 0 spiro atoms. The number of carboxylic acids is 1. The van der Waals surface area contributed by atoms with E-state index in [4.69, 9.17) is 25.0 Å². The molecule has 0 bridgehead atoms. The third-order valence-electron chi connectivity index (χ3n) is 9.38. The van der Waals surface area contributed by atoms with Crippen LogP contribution >= 0.6 is 0 Å². The SMILES string of the molecule is Cn1nc(COCc2ccc(C(N)=O)cc2)c2c1COCCCCn1c(C(=O)O)c(CCCOc3cccc4ccccc34)c3cccc-2c31. The highest BCUT2D eigenvalue weighted by atomic mass is 16.5. The van der Waals surface area contributed by atoms with Crippen LogP contribution in [0, 0.1) is 0 Å². The quantitative estimate of drug-likeness (QED) is 0.141. The van der Waals surface area contributed by atoms with Gasteiger partial charge in [-0.05, 0) is 60.4 Å². The number of nitrogens with two attached hydrogens (primary N) is 1. The Kier molecular flexibility index (Phi) is 9.64. The number of ether oxygens (including phenoxy) is 3. The van der Waals surface area contributed by atoms with Crippen LogP contribution in [0.5, 0.6) is 5.75 Å². The number of para-hydroxylation sites is 1. The minimum absolute atomic E-state index is 0.224. The van der Waals surface area contributed by atoms with Crippen molar-refractivity contribution in [1.82, 2.24) is 14.3 Å². The molecule has 4 aromatic carbocycles. The lowest BCUT2D eigenvalue weighted by Gasteiger charge is -2.13. The van der Waals surface area contributed by atoms with Gasteiger partial charge in [-0.25, -0.2) is 4.79 Å². The number of hydrogen-bond donors (Lipinski definition) is 2. The molecule has 1 aliphatic heterocycles. The van der Waals surface area contributed by atoms with Gasteiger partial charge in [-0.2, -0.15) is 5.10 Å². The Morgan fingerprint density at radius 1 is 0.940 bits per heavy atom. The number of fused-ring (bicyclic) bond motifs is 3. The molecule has 0 unspecified atom stereocenters. The lowest BCUT2D eigenvalue weighted by atomic mass is 9.98.